The summed E-state index contributed by atoms with van der Waals surface area (Å²) in [4.78, 5) is 0. The van der Waals surface area contributed by atoms with E-state index < -0.39 is 0 Å². The smallest absolute Gasteiger partial charge is 0.0178 e. The first kappa shape index (κ1) is 13.1. The third-order valence-electron chi connectivity index (χ3n) is 3.65. The SMILES string of the molecule is CNCC(c1cccc(Br)c1)C1CCNCC1. The zero-order chi connectivity index (χ0) is 12.1. The van der Waals surface area contributed by atoms with Crippen molar-refractivity contribution in [1.82, 2.24) is 10.6 Å². The first-order valence-electron chi connectivity index (χ1n) is 6.42. The van der Waals surface area contributed by atoms with E-state index in [2.05, 4.69) is 50.8 Å². The molecule has 2 nitrogen and oxygen atoms in total. The summed E-state index contributed by atoms with van der Waals surface area (Å²) in [5.41, 5.74) is 1.46. The van der Waals surface area contributed by atoms with Gasteiger partial charge in [0.15, 0.2) is 0 Å². The normalized spacial score (nSPS) is 19.2. The third-order valence-corrected chi connectivity index (χ3v) is 4.15. The predicted octanol–water partition coefficient (Wildman–Crippen LogP) is 2.75. The van der Waals surface area contributed by atoms with Crippen molar-refractivity contribution in [2.75, 3.05) is 26.7 Å². The first-order chi connectivity index (χ1) is 8.31. The standard InChI is InChI=1S/C14H21BrN2/c1-16-10-14(11-5-7-17-8-6-11)12-3-2-4-13(15)9-12/h2-4,9,11,14,16-17H,5-8,10H2,1H3. The van der Waals surface area contributed by atoms with Crippen LogP contribution in [0.2, 0.25) is 0 Å². The van der Waals surface area contributed by atoms with Crippen molar-refractivity contribution in [1.29, 1.82) is 0 Å². The molecule has 1 heterocycles. The number of hydrogen-bond donors (Lipinski definition) is 2. The number of piperidine rings is 1. The maximum Gasteiger partial charge on any atom is 0.0178 e. The second kappa shape index (κ2) is 6.53. The van der Waals surface area contributed by atoms with Crippen LogP contribution in [0.3, 0.4) is 0 Å². The zero-order valence-electron chi connectivity index (χ0n) is 10.4. The van der Waals surface area contributed by atoms with Gasteiger partial charge in [-0.3, -0.25) is 0 Å². The molecule has 0 saturated carbocycles. The average molecular weight is 297 g/mol. The molecule has 17 heavy (non-hydrogen) atoms. The Balaban J connectivity index is 2.15. The van der Waals surface area contributed by atoms with E-state index in [1.165, 1.54) is 36.0 Å². The van der Waals surface area contributed by atoms with Crippen LogP contribution in [0.4, 0.5) is 0 Å². The molecule has 1 unspecified atom stereocenters. The molecule has 0 amide bonds. The van der Waals surface area contributed by atoms with Gasteiger partial charge >= 0.3 is 0 Å². The van der Waals surface area contributed by atoms with Crippen LogP contribution in [0.15, 0.2) is 28.7 Å². The van der Waals surface area contributed by atoms with Gasteiger partial charge in [-0.2, -0.15) is 0 Å². The summed E-state index contributed by atoms with van der Waals surface area (Å²) in [5, 5.41) is 6.79. The molecule has 1 aliphatic rings. The molecular formula is C14H21BrN2. The van der Waals surface area contributed by atoms with E-state index in [9.17, 15) is 0 Å². The van der Waals surface area contributed by atoms with Gasteiger partial charge < -0.3 is 10.6 Å². The van der Waals surface area contributed by atoms with Crippen LogP contribution < -0.4 is 10.6 Å². The molecule has 0 aromatic heterocycles. The maximum atomic E-state index is 3.57. The van der Waals surface area contributed by atoms with Gasteiger partial charge in [0.2, 0.25) is 0 Å². The fourth-order valence-electron chi connectivity index (χ4n) is 2.76. The Kier molecular flexibility index (Phi) is 5.01. The lowest BCUT2D eigenvalue weighted by Crippen LogP contribution is -2.34. The zero-order valence-corrected chi connectivity index (χ0v) is 12.0. The molecule has 0 radical (unpaired) electrons. The second-order valence-electron chi connectivity index (χ2n) is 4.81. The Morgan fingerprint density at radius 2 is 2.18 bits per heavy atom. The lowest BCUT2D eigenvalue weighted by atomic mass is 9.80. The summed E-state index contributed by atoms with van der Waals surface area (Å²) in [7, 11) is 2.05. The van der Waals surface area contributed by atoms with Crippen molar-refractivity contribution in [3.63, 3.8) is 0 Å². The van der Waals surface area contributed by atoms with Gasteiger partial charge in [-0.15, -0.1) is 0 Å². The minimum atomic E-state index is 0.639. The highest BCUT2D eigenvalue weighted by Crippen LogP contribution is 2.31. The fraction of sp³-hybridized carbons (Fsp3) is 0.571. The van der Waals surface area contributed by atoms with Gasteiger partial charge in [0.05, 0.1) is 0 Å². The molecule has 0 bridgehead atoms. The molecule has 1 aliphatic heterocycles. The quantitative estimate of drug-likeness (QED) is 0.893. The third kappa shape index (κ3) is 3.54. The van der Waals surface area contributed by atoms with E-state index in [1.807, 2.05) is 7.05 Å². The van der Waals surface area contributed by atoms with Gasteiger partial charge in [-0.25, -0.2) is 0 Å². The summed E-state index contributed by atoms with van der Waals surface area (Å²) in [6.07, 6.45) is 2.58. The maximum absolute atomic E-state index is 3.57. The highest BCUT2D eigenvalue weighted by atomic mass is 79.9. The van der Waals surface area contributed by atoms with E-state index in [4.69, 9.17) is 0 Å². The predicted molar refractivity (Wildman–Crippen MR) is 76.4 cm³/mol. The molecule has 1 aromatic rings. The number of rotatable bonds is 4. The molecule has 1 fully saturated rings. The summed E-state index contributed by atoms with van der Waals surface area (Å²) in [6, 6.07) is 8.77. The van der Waals surface area contributed by atoms with Crippen molar-refractivity contribution >= 4 is 15.9 Å². The number of benzene rings is 1. The lowest BCUT2D eigenvalue weighted by Gasteiger charge is -2.31. The van der Waals surface area contributed by atoms with Gasteiger partial charge in [0.1, 0.15) is 0 Å². The summed E-state index contributed by atoms with van der Waals surface area (Å²) in [6.45, 7) is 3.40. The van der Waals surface area contributed by atoms with Gasteiger partial charge in [-0.05, 0) is 62.5 Å². The van der Waals surface area contributed by atoms with Crippen molar-refractivity contribution in [2.45, 2.75) is 18.8 Å². The largest absolute Gasteiger partial charge is 0.319 e. The van der Waals surface area contributed by atoms with Crippen LogP contribution in [0, 0.1) is 5.92 Å². The summed E-state index contributed by atoms with van der Waals surface area (Å²) < 4.78 is 1.19. The number of halogens is 1. The van der Waals surface area contributed by atoms with Crippen molar-refractivity contribution in [3.8, 4) is 0 Å². The van der Waals surface area contributed by atoms with E-state index >= 15 is 0 Å². The molecule has 1 saturated heterocycles. The van der Waals surface area contributed by atoms with Crippen LogP contribution in [-0.4, -0.2) is 26.7 Å². The Morgan fingerprint density at radius 1 is 1.41 bits per heavy atom. The van der Waals surface area contributed by atoms with Crippen molar-refractivity contribution in [2.24, 2.45) is 5.92 Å². The molecule has 1 aromatic carbocycles. The van der Waals surface area contributed by atoms with E-state index in [-0.39, 0.29) is 0 Å². The number of nitrogens with one attached hydrogen (secondary N) is 2. The highest BCUT2D eigenvalue weighted by Gasteiger charge is 2.24. The fourth-order valence-corrected chi connectivity index (χ4v) is 3.18. The average Bonchev–Trinajstić information content (AvgIpc) is 2.37. The van der Waals surface area contributed by atoms with Crippen LogP contribution in [0.5, 0.6) is 0 Å². The van der Waals surface area contributed by atoms with Crippen molar-refractivity contribution < 1.29 is 0 Å². The Hall–Kier alpha value is -0.380. The summed E-state index contributed by atoms with van der Waals surface area (Å²) in [5.74, 6) is 1.44. The molecule has 2 rings (SSSR count). The van der Waals surface area contributed by atoms with Crippen LogP contribution in [-0.2, 0) is 0 Å². The molecule has 0 spiro atoms. The Bertz CT molecular complexity index is 348. The van der Waals surface area contributed by atoms with E-state index in [0.717, 1.165) is 12.5 Å². The van der Waals surface area contributed by atoms with Gasteiger partial charge in [0.25, 0.3) is 0 Å². The summed E-state index contributed by atoms with van der Waals surface area (Å²) >= 11 is 3.57. The van der Waals surface area contributed by atoms with E-state index in [0.29, 0.717) is 5.92 Å². The van der Waals surface area contributed by atoms with Crippen LogP contribution in [0.1, 0.15) is 24.3 Å². The molecular weight excluding hydrogens is 276 g/mol. The topological polar surface area (TPSA) is 24.1 Å². The van der Waals surface area contributed by atoms with Gasteiger partial charge in [0, 0.05) is 11.0 Å². The second-order valence-corrected chi connectivity index (χ2v) is 5.72. The van der Waals surface area contributed by atoms with Gasteiger partial charge in [-0.1, -0.05) is 28.1 Å². The Morgan fingerprint density at radius 3 is 2.82 bits per heavy atom. The number of likely N-dealkylation sites (N-methyl/N-ethyl adjacent to an activating group) is 1. The minimum Gasteiger partial charge on any atom is -0.319 e. The monoisotopic (exact) mass is 296 g/mol. The van der Waals surface area contributed by atoms with Crippen LogP contribution >= 0.6 is 15.9 Å². The number of hydrogen-bond acceptors (Lipinski definition) is 2. The first-order valence-corrected chi connectivity index (χ1v) is 7.21. The van der Waals surface area contributed by atoms with Crippen LogP contribution in [0.25, 0.3) is 0 Å². The molecule has 1 atom stereocenters. The Labute approximate surface area is 112 Å². The lowest BCUT2D eigenvalue weighted by molar-refractivity contribution is 0.313. The molecule has 2 N–H and O–H groups in total. The molecule has 3 heteroatoms. The molecule has 94 valence electrons. The molecule has 0 aliphatic carbocycles. The van der Waals surface area contributed by atoms with E-state index in [1.54, 1.807) is 0 Å². The minimum absolute atomic E-state index is 0.639. The highest BCUT2D eigenvalue weighted by molar-refractivity contribution is 9.10. The van der Waals surface area contributed by atoms with Crippen molar-refractivity contribution in [3.05, 3.63) is 34.3 Å².